The van der Waals surface area contributed by atoms with Gasteiger partial charge in [0.05, 0.1) is 11.3 Å². The number of carbonyl (C=O) groups excluding carboxylic acids is 1. The lowest BCUT2D eigenvalue weighted by Crippen LogP contribution is -2.25. The van der Waals surface area contributed by atoms with Gasteiger partial charge in [0.25, 0.3) is 0 Å². The minimum atomic E-state index is -3.60. The van der Waals surface area contributed by atoms with Gasteiger partial charge in [0, 0.05) is 23.6 Å². The molecule has 0 amide bonds. The van der Waals surface area contributed by atoms with Gasteiger partial charge in [-0.05, 0) is 36.2 Å². The zero-order valence-corrected chi connectivity index (χ0v) is 15.4. The summed E-state index contributed by atoms with van der Waals surface area (Å²) in [4.78, 5) is 22.5. The van der Waals surface area contributed by atoms with Crippen LogP contribution in [0.15, 0.2) is 53.4 Å². The highest BCUT2D eigenvalue weighted by molar-refractivity contribution is 7.89. The van der Waals surface area contributed by atoms with Gasteiger partial charge in [-0.3, -0.25) is 9.59 Å². The van der Waals surface area contributed by atoms with E-state index >= 15 is 0 Å². The summed E-state index contributed by atoms with van der Waals surface area (Å²) in [6.45, 7) is 0.206. The fourth-order valence-electron chi connectivity index (χ4n) is 2.25. The number of benzene rings is 2. The topological polar surface area (TPSA) is 101 Å². The molecule has 2 N–H and O–H groups in total. The summed E-state index contributed by atoms with van der Waals surface area (Å²) in [5.74, 6) is -1.25. The minimum absolute atomic E-state index is 0.0461. The molecule has 2 rings (SSSR count). The van der Waals surface area contributed by atoms with Crippen molar-refractivity contribution in [1.82, 2.24) is 4.72 Å². The van der Waals surface area contributed by atoms with Crippen LogP contribution < -0.4 is 4.72 Å². The summed E-state index contributed by atoms with van der Waals surface area (Å²) in [5.41, 5.74) is 1.30. The monoisotopic (exact) mass is 395 g/mol. The SMILES string of the molecule is O=C(O)CCC(=O)c1ccc(CCNS(=O)(=O)c2ccc(Cl)cc2)cc1. The van der Waals surface area contributed by atoms with E-state index in [1.165, 1.54) is 24.3 Å². The molecule has 0 saturated carbocycles. The number of carboxylic acids is 1. The number of aliphatic carboxylic acids is 1. The number of sulfonamides is 1. The summed E-state index contributed by atoms with van der Waals surface area (Å²) in [6, 6.07) is 12.6. The molecule has 0 aromatic heterocycles. The first-order valence-corrected chi connectivity index (χ1v) is 9.73. The summed E-state index contributed by atoms with van der Waals surface area (Å²) >= 11 is 5.75. The predicted octanol–water partition coefficient (Wildman–Crippen LogP) is 2.91. The largest absolute Gasteiger partial charge is 0.481 e. The summed E-state index contributed by atoms with van der Waals surface area (Å²) in [5, 5.41) is 9.06. The lowest BCUT2D eigenvalue weighted by Gasteiger charge is -2.07. The fraction of sp³-hybridized carbons (Fsp3) is 0.222. The number of carbonyl (C=O) groups is 2. The molecular weight excluding hydrogens is 378 g/mol. The maximum Gasteiger partial charge on any atom is 0.303 e. The van der Waals surface area contributed by atoms with Crippen molar-refractivity contribution in [1.29, 1.82) is 0 Å². The number of halogens is 1. The van der Waals surface area contributed by atoms with E-state index in [4.69, 9.17) is 16.7 Å². The van der Waals surface area contributed by atoms with Crippen molar-refractivity contribution in [3.63, 3.8) is 0 Å². The zero-order chi connectivity index (χ0) is 19.2. The molecule has 0 bridgehead atoms. The Kier molecular flexibility index (Phi) is 6.90. The van der Waals surface area contributed by atoms with Gasteiger partial charge in [-0.2, -0.15) is 0 Å². The Labute approximate surface area is 156 Å². The van der Waals surface area contributed by atoms with E-state index in [0.29, 0.717) is 17.0 Å². The van der Waals surface area contributed by atoms with E-state index < -0.39 is 16.0 Å². The number of carboxylic acid groups (broad SMARTS) is 1. The summed E-state index contributed by atoms with van der Waals surface area (Å²) in [7, 11) is -3.60. The molecule has 0 unspecified atom stereocenters. The van der Waals surface area contributed by atoms with Gasteiger partial charge in [0.1, 0.15) is 0 Å². The van der Waals surface area contributed by atoms with E-state index in [9.17, 15) is 18.0 Å². The molecule has 0 aliphatic carbocycles. The molecule has 26 heavy (non-hydrogen) atoms. The van der Waals surface area contributed by atoms with Crippen molar-refractivity contribution in [3.8, 4) is 0 Å². The van der Waals surface area contributed by atoms with Crippen LogP contribution in [0.3, 0.4) is 0 Å². The van der Waals surface area contributed by atoms with Crippen molar-refractivity contribution in [2.75, 3.05) is 6.54 Å². The number of hydrogen-bond acceptors (Lipinski definition) is 4. The number of nitrogens with one attached hydrogen (secondary N) is 1. The molecule has 0 heterocycles. The quantitative estimate of drug-likeness (QED) is 0.636. The molecule has 0 saturated heterocycles. The van der Waals surface area contributed by atoms with Crippen molar-refractivity contribution in [3.05, 3.63) is 64.7 Å². The zero-order valence-electron chi connectivity index (χ0n) is 13.8. The Bertz CT molecular complexity index is 877. The number of Topliss-reactive ketones (excluding diaryl/α,β-unsaturated/α-hetero) is 1. The van der Waals surface area contributed by atoms with Gasteiger partial charge >= 0.3 is 5.97 Å². The molecular formula is C18H18ClNO5S. The van der Waals surface area contributed by atoms with Gasteiger partial charge in [-0.15, -0.1) is 0 Å². The first kappa shape index (κ1) is 20.1. The van der Waals surface area contributed by atoms with Crippen LogP contribution >= 0.6 is 11.6 Å². The molecule has 6 nitrogen and oxygen atoms in total. The average Bonchev–Trinajstić information content (AvgIpc) is 2.60. The molecule has 0 atom stereocenters. The van der Waals surface area contributed by atoms with E-state index in [0.717, 1.165) is 5.56 Å². The van der Waals surface area contributed by atoms with Gasteiger partial charge in [-0.1, -0.05) is 35.9 Å². The molecule has 0 aliphatic rings. The third-order valence-corrected chi connectivity index (χ3v) is 5.40. The average molecular weight is 396 g/mol. The van der Waals surface area contributed by atoms with Gasteiger partial charge in [0.15, 0.2) is 5.78 Å². The van der Waals surface area contributed by atoms with Crippen LogP contribution in [-0.4, -0.2) is 31.8 Å². The van der Waals surface area contributed by atoms with Crippen LogP contribution in [0, 0.1) is 0 Å². The highest BCUT2D eigenvalue weighted by Crippen LogP contribution is 2.14. The van der Waals surface area contributed by atoms with Crippen molar-refractivity contribution in [2.24, 2.45) is 0 Å². The van der Waals surface area contributed by atoms with E-state index in [-0.39, 0.29) is 30.1 Å². The van der Waals surface area contributed by atoms with Gasteiger partial charge in [0.2, 0.25) is 10.0 Å². The molecule has 2 aromatic rings. The fourth-order valence-corrected chi connectivity index (χ4v) is 3.41. The Morgan fingerprint density at radius 3 is 2.15 bits per heavy atom. The normalized spacial score (nSPS) is 11.3. The van der Waals surface area contributed by atoms with E-state index in [1.807, 2.05) is 0 Å². The maximum atomic E-state index is 12.2. The summed E-state index contributed by atoms with van der Waals surface area (Å²) < 4.78 is 26.8. The molecule has 2 aromatic carbocycles. The Balaban J connectivity index is 1.88. The lowest BCUT2D eigenvalue weighted by atomic mass is 10.0. The van der Waals surface area contributed by atoms with Crippen LogP contribution in [-0.2, 0) is 21.2 Å². The van der Waals surface area contributed by atoms with Crippen LogP contribution in [0.25, 0.3) is 0 Å². The maximum absolute atomic E-state index is 12.2. The van der Waals surface area contributed by atoms with Gasteiger partial charge in [-0.25, -0.2) is 13.1 Å². The highest BCUT2D eigenvalue weighted by Gasteiger charge is 2.13. The smallest absolute Gasteiger partial charge is 0.303 e. The van der Waals surface area contributed by atoms with Crippen LogP contribution in [0.4, 0.5) is 0 Å². The molecule has 0 spiro atoms. The molecule has 0 fully saturated rings. The Morgan fingerprint density at radius 1 is 0.962 bits per heavy atom. The number of ketones is 1. The van der Waals surface area contributed by atoms with E-state index in [1.54, 1.807) is 24.3 Å². The predicted molar refractivity (Wildman–Crippen MR) is 98.0 cm³/mol. The van der Waals surface area contributed by atoms with Gasteiger partial charge < -0.3 is 5.11 Å². The van der Waals surface area contributed by atoms with Crippen LogP contribution in [0.2, 0.25) is 5.02 Å². The molecule has 138 valence electrons. The minimum Gasteiger partial charge on any atom is -0.481 e. The number of rotatable bonds is 9. The third kappa shape index (κ3) is 5.94. The first-order chi connectivity index (χ1) is 12.3. The van der Waals surface area contributed by atoms with Crippen molar-refractivity contribution < 1.29 is 23.1 Å². The van der Waals surface area contributed by atoms with Crippen LogP contribution in [0.5, 0.6) is 0 Å². The van der Waals surface area contributed by atoms with Crippen LogP contribution in [0.1, 0.15) is 28.8 Å². The van der Waals surface area contributed by atoms with E-state index in [2.05, 4.69) is 4.72 Å². The summed E-state index contributed by atoms with van der Waals surface area (Å²) in [6.07, 6.45) is 0.207. The Morgan fingerprint density at radius 2 is 1.58 bits per heavy atom. The molecule has 0 aliphatic heterocycles. The first-order valence-electron chi connectivity index (χ1n) is 7.87. The van der Waals surface area contributed by atoms with Crippen molar-refractivity contribution >= 4 is 33.4 Å². The molecule has 0 radical (unpaired) electrons. The Hall–Kier alpha value is -2.22. The second kappa shape index (κ2) is 8.93. The van der Waals surface area contributed by atoms with Crippen molar-refractivity contribution in [2.45, 2.75) is 24.2 Å². The highest BCUT2D eigenvalue weighted by atomic mass is 35.5. The number of hydrogen-bond donors (Lipinski definition) is 2. The standard InChI is InChI=1S/C18H18ClNO5S/c19-15-5-7-16(8-6-15)26(24,25)20-12-11-13-1-3-14(4-2-13)17(21)9-10-18(22)23/h1-8,20H,9-12H2,(H,22,23). The second-order valence-electron chi connectivity index (χ2n) is 5.62. The second-order valence-corrected chi connectivity index (χ2v) is 7.82. The lowest BCUT2D eigenvalue weighted by molar-refractivity contribution is -0.136. The molecule has 8 heteroatoms. The third-order valence-electron chi connectivity index (χ3n) is 3.67.